The summed E-state index contributed by atoms with van der Waals surface area (Å²) in [6.45, 7) is 7.54. The molecule has 1 aliphatic rings. The van der Waals surface area contributed by atoms with Crippen LogP contribution < -0.4 is 10.6 Å². The lowest BCUT2D eigenvalue weighted by Crippen LogP contribution is -2.46. The number of aliphatic imine (C=N–C) groups is 1. The lowest BCUT2D eigenvalue weighted by atomic mass is 9.99. The van der Waals surface area contributed by atoms with Gasteiger partial charge in [-0.2, -0.15) is 0 Å². The van der Waals surface area contributed by atoms with E-state index in [1.165, 1.54) is 32.1 Å². The molecule has 1 amide bonds. The molecule has 1 aliphatic heterocycles. The van der Waals surface area contributed by atoms with Crippen molar-refractivity contribution < 1.29 is 4.79 Å². The molecule has 1 rings (SSSR count). The Kier molecular flexibility index (Phi) is 9.67. The zero-order valence-electron chi connectivity index (χ0n) is 14.7. The van der Waals surface area contributed by atoms with Gasteiger partial charge >= 0.3 is 0 Å². The van der Waals surface area contributed by atoms with Crippen molar-refractivity contribution in [2.45, 2.75) is 58.8 Å². The Labute approximate surface area is 135 Å². The Hall–Kier alpha value is -1.26. The van der Waals surface area contributed by atoms with Gasteiger partial charge in [-0.25, -0.2) is 0 Å². The highest BCUT2D eigenvalue weighted by molar-refractivity contribution is 5.86. The topological polar surface area (TPSA) is 56.7 Å². The summed E-state index contributed by atoms with van der Waals surface area (Å²) in [6.07, 6.45) is 8.47. The third-order valence-electron chi connectivity index (χ3n) is 4.44. The number of carbonyl (C=O) groups excluding carboxylic acids is 1. The van der Waals surface area contributed by atoms with Gasteiger partial charge < -0.3 is 15.5 Å². The number of rotatable bonds is 8. The van der Waals surface area contributed by atoms with Crippen LogP contribution in [0.4, 0.5) is 0 Å². The van der Waals surface area contributed by atoms with E-state index in [0.29, 0.717) is 12.5 Å². The van der Waals surface area contributed by atoms with Crippen molar-refractivity contribution in [1.82, 2.24) is 15.5 Å². The molecule has 0 spiro atoms. The summed E-state index contributed by atoms with van der Waals surface area (Å²) in [6, 6.07) is 0. The highest BCUT2D eigenvalue weighted by Gasteiger charge is 2.16. The van der Waals surface area contributed by atoms with E-state index in [9.17, 15) is 4.79 Å². The standard InChI is InChI=1S/C17H34N4O/c1-4-6-10-15(5-2)13-19-17(18-3)20-14-16(22)21-11-8-7-9-12-21/h15H,4-14H2,1-3H3,(H2,18,19,20). The van der Waals surface area contributed by atoms with Gasteiger partial charge in [0.05, 0.1) is 6.54 Å². The largest absolute Gasteiger partial charge is 0.356 e. The van der Waals surface area contributed by atoms with E-state index < -0.39 is 0 Å². The van der Waals surface area contributed by atoms with Gasteiger partial charge in [0.1, 0.15) is 0 Å². The zero-order chi connectivity index (χ0) is 16.2. The molecule has 0 aromatic carbocycles. The van der Waals surface area contributed by atoms with Gasteiger partial charge in [-0.1, -0.05) is 33.1 Å². The number of carbonyl (C=O) groups is 1. The van der Waals surface area contributed by atoms with Gasteiger partial charge in [-0.3, -0.25) is 9.79 Å². The van der Waals surface area contributed by atoms with Gasteiger partial charge in [0.2, 0.25) is 5.91 Å². The van der Waals surface area contributed by atoms with Crippen molar-refractivity contribution in [1.29, 1.82) is 0 Å². The van der Waals surface area contributed by atoms with Crippen LogP contribution in [0.15, 0.2) is 4.99 Å². The second-order valence-electron chi connectivity index (χ2n) is 6.16. The molecule has 22 heavy (non-hydrogen) atoms. The number of nitrogens with zero attached hydrogens (tertiary/aromatic N) is 2. The highest BCUT2D eigenvalue weighted by Crippen LogP contribution is 2.11. The van der Waals surface area contributed by atoms with Crippen molar-refractivity contribution in [3.05, 3.63) is 0 Å². The molecular weight excluding hydrogens is 276 g/mol. The molecule has 0 saturated carbocycles. The monoisotopic (exact) mass is 310 g/mol. The quantitative estimate of drug-likeness (QED) is 0.534. The molecule has 1 atom stereocenters. The summed E-state index contributed by atoms with van der Waals surface area (Å²) in [5, 5.41) is 6.51. The number of likely N-dealkylation sites (tertiary alicyclic amines) is 1. The number of amides is 1. The van der Waals surface area contributed by atoms with Crippen molar-refractivity contribution in [2.75, 3.05) is 33.2 Å². The van der Waals surface area contributed by atoms with Gasteiger partial charge in [-0.15, -0.1) is 0 Å². The minimum absolute atomic E-state index is 0.181. The van der Waals surface area contributed by atoms with Crippen LogP contribution in [0.3, 0.4) is 0 Å². The number of hydrogen-bond acceptors (Lipinski definition) is 2. The van der Waals surface area contributed by atoms with Crippen molar-refractivity contribution in [3.8, 4) is 0 Å². The first-order chi connectivity index (χ1) is 10.7. The molecule has 128 valence electrons. The molecule has 1 saturated heterocycles. The van der Waals surface area contributed by atoms with Crippen molar-refractivity contribution in [3.63, 3.8) is 0 Å². The first-order valence-electron chi connectivity index (χ1n) is 8.93. The maximum atomic E-state index is 12.1. The fourth-order valence-corrected chi connectivity index (χ4v) is 2.82. The number of guanidine groups is 1. The van der Waals surface area contributed by atoms with Crippen molar-refractivity contribution >= 4 is 11.9 Å². The first kappa shape index (κ1) is 18.8. The normalized spacial score (nSPS) is 17.2. The van der Waals surface area contributed by atoms with Crippen LogP contribution >= 0.6 is 0 Å². The SMILES string of the molecule is CCCCC(CC)CNC(=NC)NCC(=O)N1CCCCC1. The van der Waals surface area contributed by atoms with Crippen LogP contribution in [0.2, 0.25) is 0 Å². The van der Waals surface area contributed by atoms with Gasteiger partial charge in [-0.05, 0) is 31.6 Å². The maximum Gasteiger partial charge on any atom is 0.241 e. The van der Waals surface area contributed by atoms with E-state index in [0.717, 1.165) is 38.4 Å². The molecule has 0 bridgehead atoms. The molecule has 1 unspecified atom stereocenters. The smallest absolute Gasteiger partial charge is 0.241 e. The zero-order valence-corrected chi connectivity index (χ0v) is 14.7. The second kappa shape index (κ2) is 11.3. The van der Waals surface area contributed by atoms with E-state index in [1.807, 2.05) is 4.90 Å². The van der Waals surface area contributed by atoms with E-state index in [1.54, 1.807) is 7.05 Å². The molecular formula is C17H34N4O. The fraction of sp³-hybridized carbons (Fsp3) is 0.882. The lowest BCUT2D eigenvalue weighted by molar-refractivity contribution is -0.130. The molecule has 0 aromatic rings. The summed E-state index contributed by atoms with van der Waals surface area (Å²) in [7, 11) is 1.76. The Morgan fingerprint density at radius 3 is 2.50 bits per heavy atom. The van der Waals surface area contributed by atoms with Crippen LogP contribution in [0.1, 0.15) is 58.8 Å². The van der Waals surface area contributed by atoms with Gasteiger partial charge in [0.15, 0.2) is 5.96 Å². The van der Waals surface area contributed by atoms with Crippen LogP contribution in [-0.4, -0.2) is 50.0 Å². The van der Waals surface area contributed by atoms with E-state index in [4.69, 9.17) is 0 Å². The summed E-state index contributed by atoms with van der Waals surface area (Å²) < 4.78 is 0. The van der Waals surface area contributed by atoms with E-state index in [-0.39, 0.29) is 5.91 Å². The average Bonchev–Trinajstić information content (AvgIpc) is 2.58. The molecule has 1 fully saturated rings. The number of nitrogens with one attached hydrogen (secondary N) is 2. The predicted molar refractivity (Wildman–Crippen MR) is 93.1 cm³/mol. The minimum Gasteiger partial charge on any atom is -0.356 e. The molecule has 5 heteroatoms. The molecule has 0 aliphatic carbocycles. The van der Waals surface area contributed by atoms with Crippen LogP contribution in [0.25, 0.3) is 0 Å². The predicted octanol–water partition coefficient (Wildman–Crippen LogP) is 2.38. The summed E-state index contributed by atoms with van der Waals surface area (Å²) >= 11 is 0. The van der Waals surface area contributed by atoms with E-state index in [2.05, 4.69) is 29.5 Å². The lowest BCUT2D eigenvalue weighted by Gasteiger charge is -2.27. The Morgan fingerprint density at radius 2 is 1.91 bits per heavy atom. The molecule has 0 radical (unpaired) electrons. The fourth-order valence-electron chi connectivity index (χ4n) is 2.82. The number of piperidine rings is 1. The van der Waals surface area contributed by atoms with Gasteiger partial charge in [0.25, 0.3) is 0 Å². The first-order valence-corrected chi connectivity index (χ1v) is 8.93. The second-order valence-corrected chi connectivity index (χ2v) is 6.16. The number of hydrogen-bond donors (Lipinski definition) is 2. The molecule has 0 aromatic heterocycles. The maximum absolute atomic E-state index is 12.1. The molecule has 5 nitrogen and oxygen atoms in total. The summed E-state index contributed by atoms with van der Waals surface area (Å²) in [5.74, 6) is 1.59. The summed E-state index contributed by atoms with van der Waals surface area (Å²) in [5.41, 5.74) is 0. The third kappa shape index (κ3) is 7.14. The Morgan fingerprint density at radius 1 is 1.18 bits per heavy atom. The molecule has 2 N–H and O–H groups in total. The average molecular weight is 310 g/mol. The highest BCUT2D eigenvalue weighted by atomic mass is 16.2. The van der Waals surface area contributed by atoms with Crippen LogP contribution in [-0.2, 0) is 4.79 Å². The van der Waals surface area contributed by atoms with Crippen LogP contribution in [0, 0.1) is 5.92 Å². The number of unbranched alkanes of at least 4 members (excludes halogenated alkanes) is 1. The van der Waals surface area contributed by atoms with Crippen molar-refractivity contribution in [2.24, 2.45) is 10.9 Å². The minimum atomic E-state index is 0.181. The third-order valence-corrected chi connectivity index (χ3v) is 4.44. The summed E-state index contributed by atoms with van der Waals surface area (Å²) in [4.78, 5) is 18.3. The van der Waals surface area contributed by atoms with E-state index >= 15 is 0 Å². The Balaban J connectivity index is 2.27. The van der Waals surface area contributed by atoms with Gasteiger partial charge in [0, 0.05) is 26.7 Å². The van der Waals surface area contributed by atoms with Crippen LogP contribution in [0.5, 0.6) is 0 Å². The Bertz CT molecular complexity index is 338. The molecule has 1 heterocycles.